The van der Waals surface area contributed by atoms with Crippen LogP contribution >= 0.6 is 0 Å². The normalized spacial score (nSPS) is 15.2. The Balaban J connectivity index is 1.27. The van der Waals surface area contributed by atoms with Gasteiger partial charge in [0.15, 0.2) is 0 Å². The lowest BCUT2D eigenvalue weighted by Gasteiger charge is -2.34. The Kier molecular flexibility index (Phi) is 6.40. The first-order valence-electron chi connectivity index (χ1n) is 11.7. The van der Waals surface area contributed by atoms with Crippen molar-refractivity contribution in [3.63, 3.8) is 0 Å². The summed E-state index contributed by atoms with van der Waals surface area (Å²) in [4.78, 5) is 19.6. The zero-order valence-electron chi connectivity index (χ0n) is 19.7. The first-order chi connectivity index (χ1) is 15.3. The molecule has 0 unspecified atom stereocenters. The van der Waals surface area contributed by atoms with E-state index >= 15 is 0 Å². The highest BCUT2D eigenvalue weighted by atomic mass is 16.2. The maximum absolute atomic E-state index is 12.5. The number of rotatable bonds is 5. The minimum Gasteiger partial charge on any atom is -0.371 e. The smallest absolute Gasteiger partial charge is 0.315 e. The third-order valence-electron chi connectivity index (χ3n) is 6.39. The Hall–Kier alpha value is -3.02. The molecule has 2 heterocycles. The number of carbonyl (C=O) groups excluding carboxylic acids is 1. The molecule has 32 heavy (non-hydrogen) atoms. The van der Waals surface area contributed by atoms with Crippen LogP contribution in [0.25, 0.3) is 11.0 Å². The van der Waals surface area contributed by atoms with Crippen molar-refractivity contribution in [2.75, 3.05) is 18.0 Å². The monoisotopic (exact) mass is 433 g/mol. The van der Waals surface area contributed by atoms with Crippen LogP contribution in [-0.2, 0) is 18.5 Å². The van der Waals surface area contributed by atoms with Gasteiger partial charge in [0.1, 0.15) is 5.82 Å². The molecule has 170 valence electrons. The number of imidazole rings is 1. The highest BCUT2D eigenvalue weighted by Crippen LogP contribution is 2.26. The lowest BCUT2D eigenvalue weighted by atomic mass is 9.87. The minimum atomic E-state index is -0.118. The van der Waals surface area contributed by atoms with Gasteiger partial charge in [-0.25, -0.2) is 9.78 Å². The molecule has 6 nitrogen and oxygen atoms in total. The Morgan fingerprint density at radius 1 is 1.06 bits per heavy atom. The third kappa shape index (κ3) is 4.90. The van der Waals surface area contributed by atoms with Crippen LogP contribution in [0.4, 0.5) is 10.5 Å². The second-order valence-electron chi connectivity index (χ2n) is 9.65. The number of aryl methyl sites for hydroxylation is 1. The lowest BCUT2D eigenvalue weighted by Crippen LogP contribution is -2.48. The number of fused-ring (bicyclic) bond motifs is 1. The van der Waals surface area contributed by atoms with E-state index in [4.69, 9.17) is 0 Å². The van der Waals surface area contributed by atoms with Crippen molar-refractivity contribution in [1.82, 2.24) is 20.2 Å². The van der Waals surface area contributed by atoms with Gasteiger partial charge in [-0.05, 0) is 55.0 Å². The summed E-state index contributed by atoms with van der Waals surface area (Å²) in [5, 5.41) is 6.15. The second-order valence-corrected chi connectivity index (χ2v) is 9.65. The zero-order valence-corrected chi connectivity index (χ0v) is 19.7. The summed E-state index contributed by atoms with van der Waals surface area (Å²) in [7, 11) is 0. The van der Waals surface area contributed by atoms with Gasteiger partial charge in [-0.3, -0.25) is 0 Å². The van der Waals surface area contributed by atoms with Crippen LogP contribution in [0.1, 0.15) is 51.9 Å². The number of anilines is 1. The molecule has 0 bridgehead atoms. The largest absolute Gasteiger partial charge is 0.371 e. The number of para-hydroxylation sites is 2. The number of carbonyl (C=O) groups is 1. The Morgan fingerprint density at radius 3 is 2.41 bits per heavy atom. The molecule has 1 aliphatic heterocycles. The average molecular weight is 434 g/mol. The Labute approximate surface area is 191 Å². The maximum Gasteiger partial charge on any atom is 0.315 e. The molecule has 0 atom stereocenters. The SMILES string of the molecule is CCn1c(CNC(=O)NC2CCN(c3ccc(C(C)(C)C)cc3)CC2)nc2ccccc21. The first kappa shape index (κ1) is 22.2. The van der Waals surface area contributed by atoms with E-state index in [2.05, 4.69) is 83.1 Å². The molecular weight excluding hydrogens is 398 g/mol. The fourth-order valence-corrected chi connectivity index (χ4v) is 4.46. The molecule has 0 spiro atoms. The van der Waals surface area contributed by atoms with Gasteiger partial charge in [0.2, 0.25) is 0 Å². The molecule has 3 aromatic rings. The van der Waals surface area contributed by atoms with E-state index in [1.54, 1.807) is 0 Å². The van der Waals surface area contributed by atoms with Gasteiger partial charge in [-0.1, -0.05) is 45.0 Å². The Bertz CT molecular complexity index is 1060. The van der Waals surface area contributed by atoms with Gasteiger partial charge in [-0.2, -0.15) is 0 Å². The summed E-state index contributed by atoms with van der Waals surface area (Å²) in [6, 6.07) is 17.1. The van der Waals surface area contributed by atoms with Crippen LogP contribution in [0, 0.1) is 0 Å². The van der Waals surface area contributed by atoms with Gasteiger partial charge in [0, 0.05) is 31.4 Å². The van der Waals surface area contributed by atoms with E-state index in [0.717, 1.165) is 49.3 Å². The molecule has 1 aromatic heterocycles. The number of benzene rings is 2. The van der Waals surface area contributed by atoms with Crippen molar-refractivity contribution in [2.45, 2.75) is 65.1 Å². The van der Waals surface area contributed by atoms with E-state index < -0.39 is 0 Å². The maximum atomic E-state index is 12.5. The van der Waals surface area contributed by atoms with E-state index in [0.29, 0.717) is 6.54 Å². The standard InChI is InChI=1S/C26H35N5O/c1-5-31-23-9-7-6-8-22(23)29-24(31)18-27-25(32)28-20-14-16-30(17-15-20)21-12-10-19(11-13-21)26(2,3)4/h6-13,20H,5,14-18H2,1-4H3,(H2,27,28,32). The third-order valence-corrected chi connectivity index (χ3v) is 6.39. The number of nitrogens with zero attached hydrogens (tertiary/aromatic N) is 3. The van der Waals surface area contributed by atoms with Gasteiger partial charge in [0.25, 0.3) is 0 Å². The van der Waals surface area contributed by atoms with Crippen molar-refractivity contribution < 1.29 is 4.79 Å². The molecule has 1 aliphatic rings. The van der Waals surface area contributed by atoms with E-state index in [1.165, 1.54) is 11.3 Å². The number of aromatic nitrogens is 2. The number of urea groups is 1. The van der Waals surface area contributed by atoms with Gasteiger partial charge >= 0.3 is 6.03 Å². The summed E-state index contributed by atoms with van der Waals surface area (Å²) in [5.74, 6) is 0.886. The summed E-state index contributed by atoms with van der Waals surface area (Å²) in [6.45, 7) is 12.0. The van der Waals surface area contributed by atoms with Crippen LogP contribution in [0.3, 0.4) is 0 Å². The molecule has 2 N–H and O–H groups in total. The molecule has 0 saturated carbocycles. The number of piperidine rings is 1. The van der Waals surface area contributed by atoms with Crippen molar-refractivity contribution >= 4 is 22.8 Å². The molecule has 4 rings (SSSR count). The number of nitrogens with one attached hydrogen (secondary N) is 2. The predicted molar refractivity (Wildman–Crippen MR) is 131 cm³/mol. The quantitative estimate of drug-likeness (QED) is 0.606. The molecule has 2 aromatic carbocycles. The highest BCUT2D eigenvalue weighted by molar-refractivity contribution is 5.77. The summed E-state index contributed by atoms with van der Waals surface area (Å²) < 4.78 is 2.15. The number of hydrogen-bond donors (Lipinski definition) is 2. The minimum absolute atomic E-state index is 0.118. The molecule has 1 fully saturated rings. The van der Waals surface area contributed by atoms with E-state index in [-0.39, 0.29) is 17.5 Å². The van der Waals surface area contributed by atoms with E-state index in [1.807, 2.05) is 18.2 Å². The first-order valence-corrected chi connectivity index (χ1v) is 11.7. The second kappa shape index (κ2) is 9.23. The zero-order chi connectivity index (χ0) is 22.7. The van der Waals surface area contributed by atoms with Crippen LogP contribution in [0.5, 0.6) is 0 Å². The lowest BCUT2D eigenvalue weighted by molar-refractivity contribution is 0.233. The Morgan fingerprint density at radius 2 is 1.75 bits per heavy atom. The van der Waals surface area contributed by atoms with Gasteiger partial charge in [0.05, 0.1) is 17.6 Å². The molecule has 6 heteroatoms. The summed E-state index contributed by atoms with van der Waals surface area (Å²) in [5.41, 5.74) is 4.86. The molecule has 2 amide bonds. The fraction of sp³-hybridized carbons (Fsp3) is 0.462. The van der Waals surface area contributed by atoms with Crippen LogP contribution in [0.2, 0.25) is 0 Å². The summed E-state index contributed by atoms with van der Waals surface area (Å²) in [6.07, 6.45) is 1.89. The fourth-order valence-electron chi connectivity index (χ4n) is 4.46. The molecule has 1 saturated heterocycles. The van der Waals surface area contributed by atoms with Crippen molar-refractivity contribution in [1.29, 1.82) is 0 Å². The van der Waals surface area contributed by atoms with Crippen molar-refractivity contribution in [2.24, 2.45) is 0 Å². The van der Waals surface area contributed by atoms with E-state index in [9.17, 15) is 4.79 Å². The van der Waals surface area contributed by atoms with Gasteiger partial charge in [-0.15, -0.1) is 0 Å². The molecule has 0 aliphatic carbocycles. The van der Waals surface area contributed by atoms with Crippen molar-refractivity contribution in [3.05, 3.63) is 59.9 Å². The van der Waals surface area contributed by atoms with Crippen molar-refractivity contribution in [3.8, 4) is 0 Å². The predicted octanol–water partition coefficient (Wildman–Crippen LogP) is 4.82. The average Bonchev–Trinajstić information content (AvgIpc) is 3.15. The number of hydrogen-bond acceptors (Lipinski definition) is 3. The van der Waals surface area contributed by atoms with Gasteiger partial charge < -0.3 is 20.1 Å². The molecule has 0 radical (unpaired) electrons. The van der Waals surface area contributed by atoms with Crippen LogP contribution in [-0.4, -0.2) is 34.7 Å². The highest BCUT2D eigenvalue weighted by Gasteiger charge is 2.22. The van der Waals surface area contributed by atoms with Crippen LogP contribution in [0.15, 0.2) is 48.5 Å². The topological polar surface area (TPSA) is 62.2 Å². The molecular formula is C26H35N5O. The van der Waals surface area contributed by atoms with Crippen LogP contribution < -0.4 is 15.5 Å². The number of amides is 2. The summed E-state index contributed by atoms with van der Waals surface area (Å²) >= 11 is 0.